The second kappa shape index (κ2) is 5.16. The average molecular weight is 221 g/mol. The van der Waals surface area contributed by atoms with E-state index in [4.69, 9.17) is 10.5 Å². The number of pyridine rings is 1. The highest BCUT2D eigenvalue weighted by Crippen LogP contribution is 2.29. The summed E-state index contributed by atoms with van der Waals surface area (Å²) in [4.78, 5) is 6.67. The summed E-state index contributed by atoms with van der Waals surface area (Å²) in [6, 6.07) is 3.88. The van der Waals surface area contributed by atoms with Gasteiger partial charge in [-0.25, -0.2) is 4.98 Å². The second-order valence-corrected chi connectivity index (χ2v) is 4.09. The van der Waals surface area contributed by atoms with Gasteiger partial charge in [-0.05, 0) is 37.9 Å². The van der Waals surface area contributed by atoms with Gasteiger partial charge >= 0.3 is 0 Å². The van der Waals surface area contributed by atoms with Crippen molar-refractivity contribution in [2.24, 2.45) is 11.7 Å². The van der Waals surface area contributed by atoms with Gasteiger partial charge in [-0.2, -0.15) is 0 Å². The minimum absolute atomic E-state index is 0.594. The first kappa shape index (κ1) is 11.2. The van der Waals surface area contributed by atoms with Crippen LogP contribution in [-0.4, -0.2) is 31.2 Å². The third-order valence-corrected chi connectivity index (χ3v) is 2.97. The molecule has 1 fully saturated rings. The molecule has 1 atom stereocenters. The van der Waals surface area contributed by atoms with Crippen LogP contribution in [0, 0.1) is 5.92 Å². The third-order valence-electron chi connectivity index (χ3n) is 2.97. The molecule has 1 aliphatic rings. The number of ether oxygens (including phenoxy) is 1. The monoisotopic (exact) mass is 221 g/mol. The summed E-state index contributed by atoms with van der Waals surface area (Å²) < 4.78 is 5.58. The van der Waals surface area contributed by atoms with E-state index >= 15 is 0 Å². The lowest BCUT2D eigenvalue weighted by Crippen LogP contribution is -2.24. The van der Waals surface area contributed by atoms with E-state index < -0.39 is 0 Å². The van der Waals surface area contributed by atoms with E-state index in [1.807, 2.05) is 25.3 Å². The Bertz CT molecular complexity index is 343. The first-order chi connectivity index (χ1) is 7.85. The molecule has 1 aliphatic heterocycles. The number of hydrogen-bond acceptors (Lipinski definition) is 4. The molecule has 88 valence electrons. The van der Waals surface area contributed by atoms with Crippen LogP contribution < -0.4 is 15.4 Å². The molecule has 1 saturated heterocycles. The quantitative estimate of drug-likeness (QED) is 0.831. The topological polar surface area (TPSA) is 51.4 Å². The van der Waals surface area contributed by atoms with Gasteiger partial charge in [0.15, 0.2) is 11.6 Å². The maximum Gasteiger partial charge on any atom is 0.171 e. The molecule has 0 spiro atoms. The molecule has 0 aliphatic carbocycles. The number of rotatable bonds is 4. The van der Waals surface area contributed by atoms with Crippen LogP contribution in [0.5, 0.6) is 5.75 Å². The lowest BCUT2D eigenvalue weighted by molar-refractivity contribution is 0.339. The van der Waals surface area contributed by atoms with E-state index in [0.717, 1.165) is 37.6 Å². The van der Waals surface area contributed by atoms with Crippen molar-refractivity contribution in [3.63, 3.8) is 0 Å². The highest BCUT2D eigenvalue weighted by Gasteiger charge is 2.24. The predicted octanol–water partition coefficient (Wildman–Crippen LogP) is 1.27. The molecule has 2 rings (SSSR count). The van der Waals surface area contributed by atoms with Crippen molar-refractivity contribution >= 4 is 5.82 Å². The number of nitrogens with two attached hydrogens (primary N) is 1. The van der Waals surface area contributed by atoms with Crippen molar-refractivity contribution < 1.29 is 4.74 Å². The maximum absolute atomic E-state index is 5.69. The standard InChI is InChI=1S/C12H19N3O/c1-2-16-11-4-3-6-14-12(11)15-7-5-10(8-13)9-15/h3-4,6,10H,2,5,7-9,13H2,1H3. The summed E-state index contributed by atoms with van der Waals surface area (Å²) >= 11 is 0. The molecule has 4 heteroatoms. The molecule has 2 N–H and O–H groups in total. The predicted molar refractivity (Wildman–Crippen MR) is 64.8 cm³/mol. The molecular weight excluding hydrogens is 202 g/mol. The number of aromatic nitrogens is 1. The average Bonchev–Trinajstić information content (AvgIpc) is 2.79. The molecule has 0 aromatic carbocycles. The zero-order valence-corrected chi connectivity index (χ0v) is 9.72. The third kappa shape index (κ3) is 2.27. The van der Waals surface area contributed by atoms with Crippen LogP contribution in [0.15, 0.2) is 18.3 Å². The van der Waals surface area contributed by atoms with Gasteiger partial charge < -0.3 is 15.4 Å². The van der Waals surface area contributed by atoms with Crippen LogP contribution in [0.3, 0.4) is 0 Å². The molecular formula is C12H19N3O. The summed E-state index contributed by atoms with van der Waals surface area (Å²) in [5.74, 6) is 2.43. The largest absolute Gasteiger partial charge is 0.490 e. The second-order valence-electron chi connectivity index (χ2n) is 4.09. The smallest absolute Gasteiger partial charge is 0.171 e. The number of hydrogen-bond donors (Lipinski definition) is 1. The fourth-order valence-corrected chi connectivity index (χ4v) is 2.11. The molecule has 1 aromatic rings. The summed E-state index contributed by atoms with van der Waals surface area (Å²) in [5, 5.41) is 0. The normalized spacial score (nSPS) is 20.1. The Kier molecular flexibility index (Phi) is 3.62. The van der Waals surface area contributed by atoms with Crippen molar-refractivity contribution in [1.29, 1.82) is 0 Å². The zero-order chi connectivity index (χ0) is 11.4. The molecule has 16 heavy (non-hydrogen) atoms. The molecule has 0 amide bonds. The maximum atomic E-state index is 5.69. The van der Waals surface area contributed by atoms with E-state index in [2.05, 4.69) is 9.88 Å². The van der Waals surface area contributed by atoms with E-state index in [9.17, 15) is 0 Å². The molecule has 0 bridgehead atoms. The van der Waals surface area contributed by atoms with Gasteiger partial charge in [0, 0.05) is 19.3 Å². The Labute approximate surface area is 96.4 Å². The highest BCUT2D eigenvalue weighted by atomic mass is 16.5. The number of nitrogens with zero attached hydrogens (tertiary/aromatic N) is 2. The fourth-order valence-electron chi connectivity index (χ4n) is 2.11. The first-order valence-electron chi connectivity index (χ1n) is 5.88. The van der Waals surface area contributed by atoms with Crippen molar-refractivity contribution in [2.45, 2.75) is 13.3 Å². The molecule has 4 nitrogen and oxygen atoms in total. The van der Waals surface area contributed by atoms with Crippen molar-refractivity contribution in [3.8, 4) is 5.75 Å². The SMILES string of the molecule is CCOc1cccnc1N1CCC(CN)C1. The van der Waals surface area contributed by atoms with E-state index in [0.29, 0.717) is 12.5 Å². The lowest BCUT2D eigenvalue weighted by atomic mass is 10.1. The van der Waals surface area contributed by atoms with Gasteiger partial charge in [-0.15, -0.1) is 0 Å². The summed E-state index contributed by atoms with van der Waals surface area (Å²) in [6.45, 7) is 5.44. The Morgan fingerprint density at radius 3 is 3.19 bits per heavy atom. The Balaban J connectivity index is 2.14. The summed E-state index contributed by atoms with van der Waals surface area (Å²) in [7, 11) is 0. The van der Waals surface area contributed by atoms with Crippen LogP contribution in [0.2, 0.25) is 0 Å². The van der Waals surface area contributed by atoms with Gasteiger partial charge in [0.05, 0.1) is 6.61 Å². The van der Waals surface area contributed by atoms with Crippen LogP contribution in [0.1, 0.15) is 13.3 Å². The lowest BCUT2D eigenvalue weighted by Gasteiger charge is -2.20. The van der Waals surface area contributed by atoms with E-state index in [-0.39, 0.29) is 0 Å². The van der Waals surface area contributed by atoms with Crippen LogP contribution in [0.25, 0.3) is 0 Å². The molecule has 1 unspecified atom stereocenters. The van der Waals surface area contributed by atoms with Crippen molar-refractivity contribution in [3.05, 3.63) is 18.3 Å². The summed E-state index contributed by atoms with van der Waals surface area (Å²) in [6.07, 6.45) is 2.96. The Morgan fingerprint density at radius 1 is 1.62 bits per heavy atom. The molecule has 0 saturated carbocycles. The minimum Gasteiger partial charge on any atom is -0.490 e. The van der Waals surface area contributed by atoms with Gasteiger partial charge in [-0.3, -0.25) is 0 Å². The Hall–Kier alpha value is -1.29. The van der Waals surface area contributed by atoms with E-state index in [1.54, 1.807) is 0 Å². The fraction of sp³-hybridized carbons (Fsp3) is 0.583. The highest BCUT2D eigenvalue weighted by molar-refractivity contribution is 5.52. The minimum atomic E-state index is 0.594. The van der Waals surface area contributed by atoms with E-state index in [1.165, 1.54) is 0 Å². The van der Waals surface area contributed by atoms with Gasteiger partial charge in [0.1, 0.15) is 0 Å². The molecule has 1 aromatic heterocycles. The van der Waals surface area contributed by atoms with Gasteiger partial charge in [0.2, 0.25) is 0 Å². The zero-order valence-electron chi connectivity index (χ0n) is 9.72. The summed E-state index contributed by atoms with van der Waals surface area (Å²) in [5.41, 5.74) is 5.69. The van der Waals surface area contributed by atoms with Crippen LogP contribution in [-0.2, 0) is 0 Å². The molecule has 2 heterocycles. The van der Waals surface area contributed by atoms with Gasteiger partial charge in [0.25, 0.3) is 0 Å². The van der Waals surface area contributed by atoms with Crippen molar-refractivity contribution in [2.75, 3.05) is 31.1 Å². The Morgan fingerprint density at radius 2 is 2.50 bits per heavy atom. The molecule has 0 radical (unpaired) electrons. The van der Waals surface area contributed by atoms with Crippen LogP contribution in [0.4, 0.5) is 5.82 Å². The van der Waals surface area contributed by atoms with Gasteiger partial charge in [-0.1, -0.05) is 0 Å². The number of anilines is 1. The van der Waals surface area contributed by atoms with Crippen molar-refractivity contribution in [1.82, 2.24) is 4.98 Å². The van der Waals surface area contributed by atoms with Crippen LogP contribution >= 0.6 is 0 Å². The first-order valence-corrected chi connectivity index (χ1v) is 5.88.